The van der Waals surface area contributed by atoms with Crippen molar-refractivity contribution in [2.75, 3.05) is 40.4 Å². The van der Waals surface area contributed by atoms with Gasteiger partial charge in [0.1, 0.15) is 18.1 Å². The number of aromatic nitrogens is 3. The second-order valence-electron chi connectivity index (χ2n) is 19.4. The Balaban J connectivity index is 1.26. The first-order chi connectivity index (χ1) is 31.9. The lowest BCUT2D eigenvalue weighted by molar-refractivity contribution is -0.155. The average molecular weight is 938 g/mol. The Kier molecular flexibility index (Phi) is 14.9. The number of amides is 5. The molecule has 1 aromatic carbocycles. The second kappa shape index (κ2) is 20.3. The van der Waals surface area contributed by atoms with E-state index >= 15 is 0 Å². The van der Waals surface area contributed by atoms with Crippen LogP contribution >= 0.6 is 11.3 Å². The summed E-state index contributed by atoms with van der Waals surface area (Å²) in [4.78, 5) is 84.6. The molecule has 0 unspecified atom stereocenters. The zero-order valence-electron chi connectivity index (χ0n) is 40.6. The number of benzene rings is 1. The number of aryl methyl sites for hydroxylation is 1. The van der Waals surface area contributed by atoms with Gasteiger partial charge in [0.2, 0.25) is 11.8 Å². The summed E-state index contributed by atoms with van der Waals surface area (Å²) in [5.41, 5.74) is 9.24. The van der Waals surface area contributed by atoms with Crippen LogP contribution in [0.15, 0.2) is 54.6 Å². The van der Waals surface area contributed by atoms with Gasteiger partial charge in [-0.1, -0.05) is 40.3 Å². The molecule has 3 aromatic heterocycles. The molecule has 3 aliphatic rings. The molecule has 0 aliphatic carbocycles. The maximum absolute atomic E-state index is 14.7. The summed E-state index contributed by atoms with van der Waals surface area (Å²) in [6, 6.07) is 6.64. The standard InChI is InChI=1S/C50H67N9O7S/c1-12-42(60)57-25-31(6)58(26-30(57)5)49(64)55(10)44(29(3)4)46(61)53-38-23-41-52-39(27-67-41)33-18-19-40-35(22-33)36(45(56(40)13-2)34-16-14-20-51-43(34)32(7)65-11)24-50(8,9)28-66-48(63)37-17-15-21-59(54-37)47(38)62/h12,14,16,18-20,22,27,29-32,37-38,44,54H,1,13,15,17,21,23-26,28H2,2-11H3,(H,53,61)/t30-,31-,32-,37-,38-,44-/m0/s1. The summed E-state index contributed by atoms with van der Waals surface area (Å²) in [5, 5.41) is 8.11. The molecule has 16 nitrogen and oxygen atoms in total. The number of cyclic esters (lactones) is 1. The van der Waals surface area contributed by atoms with Gasteiger partial charge < -0.3 is 34.1 Å². The number of methoxy groups -OCH3 is 1. The molecule has 0 radical (unpaired) electrons. The SMILES string of the molecule is C=CC(=O)N1C[C@H](C)N(C(=O)N(C)[C@H](C(=O)N[C@H]2Cc3nc(cs3)-c3ccc4c(c3)c(c(-c3cccnc3[C@H](C)OC)n4CC)CC(C)(C)COC(=O)[C@@H]3CCCN(N3)C2=O)C(C)C)C[C@@H]1C. The number of fused-ring (bicyclic) bond motifs is 6. The largest absolute Gasteiger partial charge is 0.464 e. The number of ether oxygens (including phenoxy) is 2. The third kappa shape index (κ3) is 10.1. The van der Waals surface area contributed by atoms with Gasteiger partial charge >= 0.3 is 12.0 Å². The molecule has 17 heteroatoms. The lowest BCUT2D eigenvalue weighted by Crippen LogP contribution is -2.64. The van der Waals surface area contributed by atoms with Crippen LogP contribution < -0.4 is 10.7 Å². The summed E-state index contributed by atoms with van der Waals surface area (Å²) in [6.45, 7) is 21.2. The molecule has 5 amide bonds. The first-order valence-electron chi connectivity index (χ1n) is 23.5. The van der Waals surface area contributed by atoms with Gasteiger partial charge in [-0.25, -0.2) is 15.2 Å². The number of hydrogen-bond donors (Lipinski definition) is 2. The maximum atomic E-state index is 14.7. The van der Waals surface area contributed by atoms with Crippen molar-refractivity contribution < 1.29 is 33.4 Å². The summed E-state index contributed by atoms with van der Waals surface area (Å²) in [5.74, 6) is -1.92. The number of urea groups is 1. The van der Waals surface area contributed by atoms with Crippen LogP contribution in [0.2, 0.25) is 0 Å². The van der Waals surface area contributed by atoms with Crippen molar-refractivity contribution in [3.05, 3.63) is 70.8 Å². The number of nitrogens with zero attached hydrogens (tertiary/aromatic N) is 7. The van der Waals surface area contributed by atoms with Crippen LogP contribution in [0.1, 0.15) is 90.6 Å². The van der Waals surface area contributed by atoms with E-state index in [2.05, 4.69) is 66.9 Å². The van der Waals surface area contributed by atoms with Gasteiger partial charge in [-0.05, 0) is 88.8 Å². The van der Waals surface area contributed by atoms with Crippen molar-refractivity contribution >= 4 is 52.0 Å². The predicted molar refractivity (Wildman–Crippen MR) is 259 cm³/mol. The summed E-state index contributed by atoms with van der Waals surface area (Å²) in [7, 11) is 3.28. The molecule has 6 heterocycles. The van der Waals surface area contributed by atoms with Crippen molar-refractivity contribution in [3.63, 3.8) is 0 Å². The van der Waals surface area contributed by atoms with Gasteiger partial charge in [-0.2, -0.15) is 0 Å². The Morgan fingerprint density at radius 2 is 1.85 bits per heavy atom. The van der Waals surface area contributed by atoms with E-state index in [4.69, 9.17) is 19.4 Å². The van der Waals surface area contributed by atoms with Gasteiger partial charge in [-0.3, -0.25) is 29.2 Å². The molecule has 4 aromatic rings. The third-order valence-corrected chi connectivity index (χ3v) is 14.3. The molecule has 2 fully saturated rings. The number of pyridine rings is 1. The Labute approximate surface area is 398 Å². The Morgan fingerprint density at radius 3 is 2.55 bits per heavy atom. The second-order valence-corrected chi connectivity index (χ2v) is 20.3. The molecule has 3 aliphatic heterocycles. The average Bonchev–Trinajstić information content (AvgIpc) is 3.91. The fourth-order valence-electron chi connectivity index (χ4n) is 9.89. The van der Waals surface area contributed by atoms with Gasteiger partial charge in [0, 0.05) is 97.9 Å². The first kappa shape index (κ1) is 49.3. The van der Waals surface area contributed by atoms with Crippen molar-refractivity contribution in [1.82, 2.24) is 45.0 Å². The highest BCUT2D eigenvalue weighted by Crippen LogP contribution is 2.42. The number of nitrogens with one attached hydrogen (secondary N) is 2. The van der Waals surface area contributed by atoms with Crippen molar-refractivity contribution in [2.24, 2.45) is 11.3 Å². The fraction of sp³-hybridized carbons (Fsp3) is 0.540. The Hall–Kier alpha value is -5.65. The van der Waals surface area contributed by atoms with Crippen molar-refractivity contribution in [3.8, 4) is 22.5 Å². The predicted octanol–water partition coefficient (Wildman–Crippen LogP) is 6.39. The van der Waals surface area contributed by atoms with Gasteiger partial charge in [0.15, 0.2) is 0 Å². The maximum Gasteiger partial charge on any atom is 0.324 e. The van der Waals surface area contributed by atoms with E-state index < -0.39 is 41.3 Å². The van der Waals surface area contributed by atoms with Crippen LogP contribution in [0.3, 0.4) is 0 Å². The number of likely N-dealkylation sites (N-methyl/N-ethyl adjacent to an activating group) is 1. The van der Waals surface area contributed by atoms with Crippen molar-refractivity contribution in [1.29, 1.82) is 0 Å². The van der Waals surface area contributed by atoms with Crippen LogP contribution in [-0.4, -0.2) is 135 Å². The molecule has 6 bridgehead atoms. The molecular formula is C50H67N9O7S. The summed E-state index contributed by atoms with van der Waals surface area (Å²) >= 11 is 1.40. The molecule has 6 atom stereocenters. The molecule has 0 saturated carbocycles. The van der Waals surface area contributed by atoms with Gasteiger partial charge in [0.05, 0.1) is 34.8 Å². The molecule has 0 spiro atoms. The van der Waals surface area contributed by atoms with Crippen molar-refractivity contribution in [2.45, 2.75) is 124 Å². The zero-order valence-corrected chi connectivity index (χ0v) is 41.4. The number of rotatable bonds is 9. The highest BCUT2D eigenvalue weighted by atomic mass is 32.1. The normalized spacial score (nSPS) is 22.2. The van der Waals surface area contributed by atoms with Gasteiger partial charge in [0.25, 0.3) is 5.91 Å². The quantitative estimate of drug-likeness (QED) is 0.142. The van der Waals surface area contributed by atoms with E-state index in [1.807, 2.05) is 46.1 Å². The van der Waals surface area contributed by atoms with Crippen LogP contribution in [-0.2, 0) is 48.0 Å². The minimum atomic E-state index is -1.10. The zero-order chi connectivity index (χ0) is 48.5. The minimum absolute atomic E-state index is 0.0678. The third-order valence-electron chi connectivity index (χ3n) is 13.5. The smallest absolute Gasteiger partial charge is 0.324 e. The number of hydrazine groups is 1. The molecule has 2 saturated heterocycles. The highest BCUT2D eigenvalue weighted by Gasteiger charge is 2.41. The minimum Gasteiger partial charge on any atom is -0.464 e. The lowest BCUT2D eigenvalue weighted by Gasteiger charge is -2.46. The van der Waals surface area contributed by atoms with E-state index in [0.29, 0.717) is 43.9 Å². The topological polar surface area (TPSA) is 172 Å². The van der Waals surface area contributed by atoms with E-state index in [0.717, 1.165) is 44.7 Å². The van der Waals surface area contributed by atoms with Crippen LogP contribution in [0, 0.1) is 11.3 Å². The van der Waals surface area contributed by atoms with Crippen LogP contribution in [0.5, 0.6) is 0 Å². The molecule has 67 heavy (non-hydrogen) atoms. The molecular weight excluding hydrogens is 871 g/mol. The first-order valence-corrected chi connectivity index (χ1v) is 24.3. The summed E-state index contributed by atoms with van der Waals surface area (Å²) < 4.78 is 14.2. The number of thiazole rings is 1. The van der Waals surface area contributed by atoms with Crippen LogP contribution in [0.25, 0.3) is 33.4 Å². The fourth-order valence-corrected chi connectivity index (χ4v) is 10.7. The Morgan fingerprint density at radius 1 is 1.12 bits per heavy atom. The molecule has 360 valence electrons. The lowest BCUT2D eigenvalue weighted by atomic mass is 9.84. The number of carbonyl (C=O) groups is 5. The number of piperazine rings is 1. The summed E-state index contributed by atoms with van der Waals surface area (Å²) in [6.07, 6.45) is 4.45. The molecule has 7 rings (SSSR count). The Bertz CT molecular complexity index is 2520. The van der Waals surface area contributed by atoms with E-state index in [1.165, 1.54) is 27.3 Å². The highest BCUT2D eigenvalue weighted by molar-refractivity contribution is 7.10. The van der Waals surface area contributed by atoms with E-state index in [1.54, 1.807) is 30.2 Å². The number of carbonyl (C=O) groups excluding carboxylic acids is 5. The van der Waals surface area contributed by atoms with Crippen LogP contribution in [0.4, 0.5) is 4.79 Å². The number of esters is 1. The van der Waals surface area contributed by atoms with Gasteiger partial charge in [-0.15, -0.1) is 11.3 Å². The number of hydrogen-bond acceptors (Lipinski definition) is 11. The van der Waals surface area contributed by atoms with E-state index in [-0.39, 0.29) is 55.6 Å². The monoisotopic (exact) mass is 937 g/mol. The van der Waals surface area contributed by atoms with E-state index in [9.17, 15) is 24.0 Å². The molecule has 2 N–H and O–H groups in total.